The molecule has 30 heavy (non-hydrogen) atoms. The van der Waals surface area contributed by atoms with Crippen molar-refractivity contribution < 1.29 is 9.13 Å². The van der Waals surface area contributed by atoms with E-state index in [1.54, 1.807) is 0 Å². The van der Waals surface area contributed by atoms with Crippen molar-refractivity contribution in [3.63, 3.8) is 0 Å². The Bertz CT molecular complexity index is 818. The van der Waals surface area contributed by atoms with Crippen molar-refractivity contribution in [2.45, 2.75) is 46.6 Å². The van der Waals surface area contributed by atoms with Gasteiger partial charge in [-0.05, 0) is 60.3 Å². The van der Waals surface area contributed by atoms with Gasteiger partial charge in [-0.2, -0.15) is 0 Å². The molecule has 1 saturated carbocycles. The lowest BCUT2D eigenvalue weighted by atomic mass is 9.82. The molecule has 2 aliphatic rings. The number of hydrogen-bond donors (Lipinski definition) is 2. The number of likely N-dealkylation sites (tertiary alicyclic amines) is 1. The number of fused-ring (bicyclic) bond motifs is 1. The largest absolute Gasteiger partial charge is 0.475 e. The molecule has 1 aliphatic heterocycles. The summed E-state index contributed by atoms with van der Waals surface area (Å²) in [6, 6.07) is 3.92. The minimum atomic E-state index is -0.442. The van der Waals surface area contributed by atoms with Crippen LogP contribution in [0.4, 0.5) is 4.39 Å². The Morgan fingerprint density at radius 3 is 2.47 bits per heavy atom. The Balaban J connectivity index is 1.47. The highest BCUT2D eigenvalue weighted by molar-refractivity contribution is 6.34. The minimum Gasteiger partial charge on any atom is -0.475 e. The maximum Gasteiger partial charge on any atom is 0.206 e. The third-order valence-corrected chi connectivity index (χ3v) is 7.04. The molecule has 1 aromatic carbocycles. The van der Waals surface area contributed by atoms with E-state index in [0.717, 1.165) is 32.5 Å². The Hall–Kier alpha value is -1.72. The Kier molecular flexibility index (Phi) is 7.03. The number of halogens is 2. The van der Waals surface area contributed by atoms with Crippen LogP contribution in [0.3, 0.4) is 0 Å². The molecule has 4 nitrogen and oxygen atoms in total. The Morgan fingerprint density at radius 1 is 1.23 bits per heavy atom. The first kappa shape index (κ1) is 23.0. The van der Waals surface area contributed by atoms with E-state index >= 15 is 0 Å². The lowest BCUT2D eigenvalue weighted by Crippen LogP contribution is -2.33. The van der Waals surface area contributed by atoms with E-state index in [0.29, 0.717) is 33.8 Å². The first-order chi connectivity index (χ1) is 14.0. The van der Waals surface area contributed by atoms with Gasteiger partial charge in [-0.1, -0.05) is 39.3 Å². The Labute approximate surface area is 184 Å². The van der Waals surface area contributed by atoms with Crippen LogP contribution in [0.1, 0.15) is 46.1 Å². The smallest absolute Gasteiger partial charge is 0.206 e. The molecular weight excluding hydrogens is 401 g/mol. The highest BCUT2D eigenvalue weighted by Gasteiger charge is 2.42. The maximum absolute atomic E-state index is 13.4. The van der Waals surface area contributed by atoms with Crippen molar-refractivity contribution >= 4 is 23.2 Å². The molecule has 1 saturated heterocycles. The summed E-state index contributed by atoms with van der Waals surface area (Å²) in [5, 5.41) is 16.5. The highest BCUT2D eigenvalue weighted by Crippen LogP contribution is 2.40. The van der Waals surface area contributed by atoms with Gasteiger partial charge in [0.2, 0.25) is 5.90 Å². The van der Waals surface area contributed by atoms with E-state index in [4.69, 9.17) is 27.2 Å². The second-order valence-corrected chi connectivity index (χ2v) is 10.4. The van der Waals surface area contributed by atoms with Crippen LogP contribution in [0.15, 0.2) is 30.4 Å². The fourth-order valence-electron chi connectivity index (χ4n) is 4.42. The minimum absolute atomic E-state index is 0.0375. The van der Waals surface area contributed by atoms with Gasteiger partial charge in [0, 0.05) is 31.3 Å². The van der Waals surface area contributed by atoms with E-state index in [-0.39, 0.29) is 17.7 Å². The molecule has 0 radical (unpaired) electrons. The van der Waals surface area contributed by atoms with Gasteiger partial charge in [0.1, 0.15) is 11.9 Å². The fourth-order valence-corrected chi connectivity index (χ4v) is 4.64. The molecule has 2 fully saturated rings. The quantitative estimate of drug-likeness (QED) is 0.440. The zero-order valence-corrected chi connectivity index (χ0v) is 19.1. The van der Waals surface area contributed by atoms with Crippen LogP contribution in [0.2, 0.25) is 5.02 Å². The molecule has 1 aromatic rings. The molecular formula is C24H33ClFN3O. The van der Waals surface area contributed by atoms with E-state index in [9.17, 15) is 4.39 Å². The summed E-state index contributed by atoms with van der Waals surface area (Å²) >= 11 is 6.04. The summed E-state index contributed by atoms with van der Waals surface area (Å²) in [6.45, 7) is 12.6. The SMILES string of the molecule is CC(CN1C[C@H]2C[C@@H](OC(=N)/C=C\C(=N)c3cc(F)ccc3Cl)C[C@H]2C1)C(C)(C)C. The molecule has 6 heteroatoms. The highest BCUT2D eigenvalue weighted by atomic mass is 35.5. The van der Waals surface area contributed by atoms with E-state index in [1.807, 2.05) is 0 Å². The van der Waals surface area contributed by atoms with Crippen LogP contribution in [-0.2, 0) is 4.74 Å². The summed E-state index contributed by atoms with van der Waals surface area (Å²) in [5.41, 5.74) is 0.689. The zero-order chi connectivity index (χ0) is 22.1. The number of nitrogens with zero attached hydrogens (tertiary/aromatic N) is 1. The van der Waals surface area contributed by atoms with E-state index in [2.05, 4.69) is 32.6 Å². The second-order valence-electron chi connectivity index (χ2n) is 9.95. The first-order valence-corrected chi connectivity index (χ1v) is 11.1. The van der Waals surface area contributed by atoms with E-state index < -0.39 is 5.82 Å². The topological polar surface area (TPSA) is 60.2 Å². The van der Waals surface area contributed by atoms with Crippen molar-refractivity contribution in [3.8, 4) is 0 Å². The van der Waals surface area contributed by atoms with Crippen LogP contribution in [-0.4, -0.2) is 42.2 Å². The molecule has 0 aromatic heterocycles. The summed E-state index contributed by atoms with van der Waals surface area (Å²) in [5.74, 6) is 1.54. The number of rotatable bonds is 6. The average Bonchev–Trinajstić information content (AvgIpc) is 3.18. The summed E-state index contributed by atoms with van der Waals surface area (Å²) in [6.07, 6.45) is 4.91. The summed E-state index contributed by atoms with van der Waals surface area (Å²) in [4.78, 5) is 2.59. The average molecular weight is 434 g/mol. The van der Waals surface area contributed by atoms with Gasteiger partial charge in [0.05, 0.1) is 10.7 Å². The lowest BCUT2D eigenvalue weighted by molar-refractivity contribution is 0.151. The predicted octanol–water partition coefficient (Wildman–Crippen LogP) is 5.79. The number of benzene rings is 1. The monoisotopic (exact) mass is 433 g/mol. The van der Waals surface area contributed by atoms with Crippen LogP contribution in [0, 0.1) is 39.8 Å². The molecule has 0 bridgehead atoms. The van der Waals surface area contributed by atoms with Gasteiger partial charge >= 0.3 is 0 Å². The van der Waals surface area contributed by atoms with Crippen molar-refractivity contribution in [2.24, 2.45) is 23.2 Å². The molecule has 0 amide bonds. The molecule has 1 unspecified atom stereocenters. The molecule has 1 aliphatic carbocycles. The molecule has 0 spiro atoms. The van der Waals surface area contributed by atoms with Gasteiger partial charge in [-0.3, -0.25) is 5.41 Å². The van der Waals surface area contributed by atoms with Crippen molar-refractivity contribution in [1.29, 1.82) is 10.8 Å². The van der Waals surface area contributed by atoms with Crippen LogP contribution in [0.25, 0.3) is 0 Å². The second kappa shape index (κ2) is 9.19. The normalized spacial score (nSPS) is 25.5. The Morgan fingerprint density at radius 2 is 1.87 bits per heavy atom. The van der Waals surface area contributed by atoms with Crippen LogP contribution in [0.5, 0.6) is 0 Å². The van der Waals surface area contributed by atoms with Gasteiger partial charge < -0.3 is 15.0 Å². The third kappa shape index (κ3) is 5.70. The fraction of sp³-hybridized carbons (Fsp3) is 0.583. The third-order valence-electron chi connectivity index (χ3n) is 6.71. The van der Waals surface area contributed by atoms with Gasteiger partial charge in [-0.15, -0.1) is 0 Å². The number of nitrogens with one attached hydrogen (secondary N) is 2. The lowest BCUT2D eigenvalue weighted by Gasteiger charge is -2.31. The van der Waals surface area contributed by atoms with E-state index in [1.165, 1.54) is 30.4 Å². The molecule has 164 valence electrons. The molecule has 1 heterocycles. The maximum atomic E-state index is 13.4. The summed E-state index contributed by atoms with van der Waals surface area (Å²) < 4.78 is 19.2. The van der Waals surface area contributed by atoms with Crippen molar-refractivity contribution in [2.75, 3.05) is 19.6 Å². The number of hydrogen-bond acceptors (Lipinski definition) is 4. The summed E-state index contributed by atoms with van der Waals surface area (Å²) in [7, 11) is 0. The molecule has 3 rings (SSSR count). The number of ether oxygens (including phenoxy) is 1. The molecule has 4 atom stereocenters. The predicted molar refractivity (Wildman–Crippen MR) is 121 cm³/mol. The first-order valence-electron chi connectivity index (χ1n) is 10.7. The number of allylic oxidation sites excluding steroid dienone is 1. The standard InChI is InChI=1S/C24H33ClFN3O/c1-15(24(2,3)4)12-29-13-16-9-19(10-17(16)14-29)30-23(28)8-7-22(27)20-11-18(26)5-6-21(20)25/h5-8,11,15-17,19,27-28H,9-10,12-14H2,1-4H3/b8-7-,27-22?,28-23?/t15?,16-,17+,19-. The van der Waals surface area contributed by atoms with Crippen molar-refractivity contribution in [1.82, 2.24) is 4.90 Å². The zero-order valence-electron chi connectivity index (χ0n) is 18.3. The van der Waals surface area contributed by atoms with Gasteiger partial charge in [0.15, 0.2) is 0 Å². The van der Waals surface area contributed by atoms with Gasteiger partial charge in [0.25, 0.3) is 0 Å². The van der Waals surface area contributed by atoms with Gasteiger partial charge in [-0.25, -0.2) is 4.39 Å². The van der Waals surface area contributed by atoms with Crippen LogP contribution < -0.4 is 0 Å². The molecule has 2 N–H and O–H groups in total. The van der Waals surface area contributed by atoms with Crippen LogP contribution >= 0.6 is 11.6 Å². The van der Waals surface area contributed by atoms with Crippen molar-refractivity contribution in [3.05, 3.63) is 46.8 Å².